The molecular weight excluding hydrogens is 212 g/mol. The van der Waals surface area contributed by atoms with Crippen LogP contribution in [-0.2, 0) is 0 Å². The van der Waals surface area contributed by atoms with Crippen LogP contribution < -0.4 is 10.6 Å². The Hall–Kier alpha value is -1.55. The smallest absolute Gasteiger partial charge is 0.0931 e. The van der Waals surface area contributed by atoms with Crippen LogP contribution in [-0.4, -0.2) is 30.1 Å². The molecule has 4 nitrogen and oxygen atoms in total. The number of hydrogen-bond acceptors (Lipinski definition) is 3. The lowest BCUT2D eigenvalue weighted by Crippen LogP contribution is -2.36. The van der Waals surface area contributed by atoms with Gasteiger partial charge in [0.25, 0.3) is 0 Å². The van der Waals surface area contributed by atoms with Gasteiger partial charge in [0.1, 0.15) is 0 Å². The maximum atomic E-state index is 5.76. The quantitative estimate of drug-likeness (QED) is 0.847. The number of imidazole rings is 1. The molecule has 17 heavy (non-hydrogen) atoms. The Labute approximate surface area is 102 Å². The van der Waals surface area contributed by atoms with E-state index in [1.54, 1.807) is 6.33 Å². The Kier molecular flexibility index (Phi) is 3.07. The van der Waals surface area contributed by atoms with Gasteiger partial charge in [-0.1, -0.05) is 13.8 Å². The van der Waals surface area contributed by atoms with Gasteiger partial charge < -0.3 is 15.6 Å². The number of rotatable bonds is 4. The topological polar surface area (TPSA) is 57.9 Å². The van der Waals surface area contributed by atoms with Crippen LogP contribution in [0.15, 0.2) is 24.5 Å². The highest BCUT2D eigenvalue weighted by molar-refractivity contribution is 5.78. The van der Waals surface area contributed by atoms with Crippen LogP contribution in [0.25, 0.3) is 11.0 Å². The van der Waals surface area contributed by atoms with E-state index in [1.807, 2.05) is 6.07 Å². The molecule has 92 valence electrons. The van der Waals surface area contributed by atoms with Crippen molar-refractivity contribution in [3.8, 4) is 0 Å². The number of hydrogen-bond donors (Lipinski definition) is 2. The van der Waals surface area contributed by atoms with Gasteiger partial charge in [0.15, 0.2) is 0 Å². The van der Waals surface area contributed by atoms with Gasteiger partial charge in [-0.15, -0.1) is 0 Å². The van der Waals surface area contributed by atoms with Gasteiger partial charge >= 0.3 is 0 Å². The van der Waals surface area contributed by atoms with Crippen molar-refractivity contribution in [3.63, 3.8) is 0 Å². The van der Waals surface area contributed by atoms with Crippen molar-refractivity contribution in [1.82, 2.24) is 9.97 Å². The van der Waals surface area contributed by atoms with Crippen molar-refractivity contribution in [2.45, 2.75) is 13.8 Å². The summed E-state index contributed by atoms with van der Waals surface area (Å²) in [6.45, 7) is 5.98. The zero-order valence-electron chi connectivity index (χ0n) is 10.7. The molecule has 0 radical (unpaired) electrons. The lowest BCUT2D eigenvalue weighted by atomic mass is 9.93. The normalized spacial score (nSPS) is 12.0. The highest BCUT2D eigenvalue weighted by atomic mass is 15.1. The summed E-state index contributed by atoms with van der Waals surface area (Å²) in [5.41, 5.74) is 9.14. The molecule has 1 aromatic heterocycles. The van der Waals surface area contributed by atoms with E-state index in [9.17, 15) is 0 Å². The average Bonchev–Trinajstić information content (AvgIpc) is 2.75. The van der Waals surface area contributed by atoms with E-state index in [0.29, 0.717) is 6.54 Å². The number of fused-ring (bicyclic) bond motifs is 1. The predicted octanol–water partition coefficient (Wildman–Crippen LogP) is 1.98. The number of nitrogens with one attached hydrogen (secondary N) is 1. The summed E-state index contributed by atoms with van der Waals surface area (Å²) in [5.74, 6) is 0. The molecule has 2 rings (SSSR count). The van der Waals surface area contributed by atoms with Gasteiger partial charge in [-0.25, -0.2) is 4.98 Å². The first-order valence-electron chi connectivity index (χ1n) is 5.86. The molecule has 1 heterocycles. The summed E-state index contributed by atoms with van der Waals surface area (Å²) in [6.07, 6.45) is 1.72. The van der Waals surface area contributed by atoms with Crippen LogP contribution >= 0.6 is 0 Å². The van der Waals surface area contributed by atoms with Crippen molar-refractivity contribution in [1.29, 1.82) is 0 Å². The molecule has 0 aliphatic rings. The number of H-pyrrole nitrogens is 1. The number of aromatic amines is 1. The largest absolute Gasteiger partial charge is 0.374 e. The third-order valence-corrected chi connectivity index (χ3v) is 3.06. The minimum atomic E-state index is 0.123. The first kappa shape index (κ1) is 11.9. The van der Waals surface area contributed by atoms with E-state index in [2.05, 4.69) is 47.9 Å². The van der Waals surface area contributed by atoms with Crippen molar-refractivity contribution in [3.05, 3.63) is 24.5 Å². The standard InChI is InChI=1S/C13H20N4/c1-13(2,7-14)8-17(3)10-4-5-11-12(6-10)16-9-15-11/h4-6,9H,7-8,14H2,1-3H3,(H,15,16). The second-order valence-corrected chi connectivity index (χ2v) is 5.33. The van der Waals surface area contributed by atoms with E-state index in [0.717, 1.165) is 17.6 Å². The molecule has 1 aromatic carbocycles. The van der Waals surface area contributed by atoms with Gasteiger partial charge in [-0.05, 0) is 30.2 Å². The highest BCUT2D eigenvalue weighted by Crippen LogP contribution is 2.22. The van der Waals surface area contributed by atoms with Crippen molar-refractivity contribution < 1.29 is 0 Å². The lowest BCUT2D eigenvalue weighted by Gasteiger charge is -2.30. The second-order valence-electron chi connectivity index (χ2n) is 5.33. The third kappa shape index (κ3) is 2.58. The van der Waals surface area contributed by atoms with Gasteiger partial charge in [-0.2, -0.15) is 0 Å². The molecule has 0 fully saturated rings. The SMILES string of the molecule is CN(CC(C)(C)CN)c1ccc2nc[nH]c2c1. The van der Waals surface area contributed by atoms with E-state index in [1.165, 1.54) is 5.69 Å². The molecule has 3 N–H and O–H groups in total. The Balaban J connectivity index is 2.21. The number of nitrogens with two attached hydrogens (primary N) is 1. The zero-order chi connectivity index (χ0) is 12.5. The molecule has 0 saturated heterocycles. The molecule has 0 unspecified atom stereocenters. The summed E-state index contributed by atoms with van der Waals surface area (Å²) >= 11 is 0. The van der Waals surface area contributed by atoms with Gasteiger partial charge in [0.2, 0.25) is 0 Å². The molecule has 2 aromatic rings. The fraction of sp³-hybridized carbons (Fsp3) is 0.462. The zero-order valence-corrected chi connectivity index (χ0v) is 10.7. The van der Waals surface area contributed by atoms with Crippen LogP contribution in [0.3, 0.4) is 0 Å². The fourth-order valence-electron chi connectivity index (χ4n) is 1.96. The van der Waals surface area contributed by atoms with Crippen molar-refractivity contribution in [2.24, 2.45) is 11.1 Å². The van der Waals surface area contributed by atoms with Gasteiger partial charge in [0, 0.05) is 19.3 Å². The summed E-state index contributed by atoms with van der Waals surface area (Å²) < 4.78 is 0. The molecule has 4 heteroatoms. The first-order chi connectivity index (χ1) is 8.02. The first-order valence-corrected chi connectivity index (χ1v) is 5.86. The predicted molar refractivity (Wildman–Crippen MR) is 72.2 cm³/mol. The number of benzene rings is 1. The summed E-state index contributed by atoms with van der Waals surface area (Å²) in [6, 6.07) is 6.25. The molecule has 0 aliphatic heterocycles. The average molecular weight is 232 g/mol. The summed E-state index contributed by atoms with van der Waals surface area (Å²) in [4.78, 5) is 9.57. The Morgan fingerprint density at radius 3 is 2.88 bits per heavy atom. The Morgan fingerprint density at radius 1 is 1.41 bits per heavy atom. The van der Waals surface area contributed by atoms with Crippen molar-refractivity contribution in [2.75, 3.05) is 25.0 Å². The Bertz CT molecular complexity index is 501. The summed E-state index contributed by atoms with van der Waals surface area (Å²) in [7, 11) is 2.09. The van der Waals surface area contributed by atoms with Crippen LogP contribution in [0, 0.1) is 5.41 Å². The minimum absolute atomic E-state index is 0.123. The molecule has 0 saturated carbocycles. The van der Waals surface area contributed by atoms with E-state index >= 15 is 0 Å². The molecule has 0 atom stereocenters. The minimum Gasteiger partial charge on any atom is -0.374 e. The third-order valence-electron chi connectivity index (χ3n) is 3.06. The molecule has 0 amide bonds. The number of aromatic nitrogens is 2. The second kappa shape index (κ2) is 4.37. The van der Waals surface area contributed by atoms with Gasteiger partial charge in [-0.3, -0.25) is 0 Å². The van der Waals surface area contributed by atoms with E-state index in [4.69, 9.17) is 5.73 Å². The fourth-order valence-corrected chi connectivity index (χ4v) is 1.96. The molecule has 0 aliphatic carbocycles. The number of anilines is 1. The lowest BCUT2D eigenvalue weighted by molar-refractivity contribution is 0.385. The van der Waals surface area contributed by atoms with Crippen LogP contribution in [0.4, 0.5) is 5.69 Å². The number of nitrogens with zero attached hydrogens (tertiary/aromatic N) is 2. The summed E-state index contributed by atoms with van der Waals surface area (Å²) in [5, 5.41) is 0. The van der Waals surface area contributed by atoms with Crippen LogP contribution in [0.5, 0.6) is 0 Å². The monoisotopic (exact) mass is 232 g/mol. The molecule has 0 spiro atoms. The highest BCUT2D eigenvalue weighted by Gasteiger charge is 2.18. The molecule has 0 bridgehead atoms. The maximum Gasteiger partial charge on any atom is 0.0931 e. The molecular formula is C13H20N4. The van der Waals surface area contributed by atoms with E-state index < -0.39 is 0 Å². The van der Waals surface area contributed by atoms with Crippen LogP contribution in [0.1, 0.15) is 13.8 Å². The van der Waals surface area contributed by atoms with Crippen molar-refractivity contribution >= 4 is 16.7 Å². The van der Waals surface area contributed by atoms with Gasteiger partial charge in [0.05, 0.1) is 17.4 Å². The maximum absolute atomic E-state index is 5.76. The Morgan fingerprint density at radius 2 is 2.18 bits per heavy atom. The van der Waals surface area contributed by atoms with Crippen LogP contribution in [0.2, 0.25) is 0 Å². The van der Waals surface area contributed by atoms with E-state index in [-0.39, 0.29) is 5.41 Å².